The van der Waals surface area contributed by atoms with E-state index in [1.807, 2.05) is 0 Å². The highest BCUT2D eigenvalue weighted by molar-refractivity contribution is 9.10. The van der Waals surface area contributed by atoms with Gasteiger partial charge in [-0.3, -0.25) is 25.8 Å². The van der Waals surface area contributed by atoms with E-state index in [0.29, 0.717) is 28.7 Å². The average molecular weight is 543 g/mol. The normalized spacial score (nSPS) is 10.2. The van der Waals surface area contributed by atoms with Gasteiger partial charge in [0, 0.05) is 9.50 Å². The minimum Gasteiger partial charge on any atom is -0.493 e. The van der Waals surface area contributed by atoms with E-state index in [9.17, 15) is 9.59 Å². The van der Waals surface area contributed by atoms with Crippen molar-refractivity contribution in [3.8, 4) is 11.5 Å². The Hall–Kier alpha value is -2.36. The van der Waals surface area contributed by atoms with Crippen LogP contribution < -0.4 is 25.6 Å². The molecule has 0 radical (unpaired) electrons. The summed E-state index contributed by atoms with van der Waals surface area (Å²) in [6, 6.07) is 11.8. The molecule has 0 atom stereocenters. The van der Waals surface area contributed by atoms with E-state index >= 15 is 0 Å². The van der Waals surface area contributed by atoms with Gasteiger partial charge < -0.3 is 9.47 Å². The maximum Gasteiger partial charge on any atom is 0.276 e. The van der Waals surface area contributed by atoms with Gasteiger partial charge in [0.25, 0.3) is 11.8 Å². The molecule has 0 heterocycles. The predicted octanol–water partition coefficient (Wildman–Crippen LogP) is 4.78. The number of hydrogen-bond acceptors (Lipinski definition) is 5. The number of unbranched alkanes of at least 4 members (excludes halogenated alkanes) is 3. The van der Waals surface area contributed by atoms with E-state index in [2.05, 4.69) is 39.0 Å². The molecule has 0 spiro atoms. The maximum atomic E-state index is 12.7. The number of benzene rings is 2. The molecule has 0 saturated heterocycles. The van der Waals surface area contributed by atoms with Crippen molar-refractivity contribution in [3.63, 3.8) is 0 Å². The number of hydrogen-bond donors (Lipinski definition) is 3. The molecule has 0 saturated carbocycles. The Labute approximate surface area is 206 Å². The standard InChI is InChI=1S/C22H25BrClN3O4S/c1-2-3-4-5-12-30-19-11-6-15(23)13-18(19)21(29)25-22(32)27-26-20(28)14-31-17-9-7-16(24)8-10-17/h6-11,13H,2-5,12,14H2,1H3,(H,26,28)(H2,25,27,29,32). The molecule has 2 amide bonds. The first-order chi connectivity index (χ1) is 15.4. The summed E-state index contributed by atoms with van der Waals surface area (Å²) in [5, 5.41) is 3.02. The number of ether oxygens (including phenoxy) is 2. The summed E-state index contributed by atoms with van der Waals surface area (Å²) in [4.78, 5) is 24.6. The summed E-state index contributed by atoms with van der Waals surface area (Å²) in [5.41, 5.74) is 5.17. The molecule has 2 aromatic rings. The van der Waals surface area contributed by atoms with Crippen molar-refractivity contribution in [2.45, 2.75) is 32.6 Å². The van der Waals surface area contributed by atoms with Crippen LogP contribution in [0.4, 0.5) is 0 Å². The molecular weight excluding hydrogens is 518 g/mol. The molecule has 0 aliphatic rings. The molecule has 172 valence electrons. The number of thiocarbonyl (C=S) groups is 1. The Morgan fingerprint density at radius 2 is 1.78 bits per heavy atom. The zero-order valence-corrected chi connectivity index (χ0v) is 20.7. The summed E-state index contributed by atoms with van der Waals surface area (Å²) in [5.74, 6) is 0.0248. The van der Waals surface area contributed by atoms with Crippen LogP contribution in [0, 0.1) is 0 Å². The quantitative estimate of drug-likeness (QED) is 0.228. The van der Waals surface area contributed by atoms with E-state index in [1.54, 1.807) is 42.5 Å². The van der Waals surface area contributed by atoms with Crippen LogP contribution in [-0.4, -0.2) is 30.1 Å². The SMILES string of the molecule is CCCCCCOc1ccc(Br)cc1C(=O)NC(=S)NNC(=O)COc1ccc(Cl)cc1. The Balaban J connectivity index is 1.80. The maximum absolute atomic E-state index is 12.7. The minimum atomic E-state index is -0.477. The van der Waals surface area contributed by atoms with E-state index in [1.165, 1.54) is 0 Å². The fourth-order valence-corrected chi connectivity index (χ4v) is 3.19. The predicted molar refractivity (Wildman–Crippen MR) is 132 cm³/mol. The zero-order valence-electron chi connectivity index (χ0n) is 17.6. The number of hydrazine groups is 1. The van der Waals surface area contributed by atoms with Crippen LogP contribution in [0.25, 0.3) is 0 Å². The van der Waals surface area contributed by atoms with E-state index in [0.717, 1.165) is 30.2 Å². The lowest BCUT2D eigenvalue weighted by Gasteiger charge is -2.14. The lowest BCUT2D eigenvalue weighted by Crippen LogP contribution is -2.49. The molecule has 32 heavy (non-hydrogen) atoms. The highest BCUT2D eigenvalue weighted by Gasteiger charge is 2.15. The number of halogens is 2. The molecule has 10 heteroatoms. The molecule has 0 aromatic heterocycles. The highest BCUT2D eigenvalue weighted by Crippen LogP contribution is 2.23. The molecule has 7 nitrogen and oxygen atoms in total. The van der Waals surface area contributed by atoms with Crippen LogP contribution in [0.5, 0.6) is 11.5 Å². The first-order valence-corrected chi connectivity index (χ1v) is 11.7. The van der Waals surface area contributed by atoms with Crippen LogP contribution in [-0.2, 0) is 4.79 Å². The molecule has 2 rings (SSSR count). The summed E-state index contributed by atoms with van der Waals surface area (Å²) < 4.78 is 11.8. The van der Waals surface area contributed by atoms with Gasteiger partial charge in [-0.15, -0.1) is 0 Å². The fourth-order valence-electron chi connectivity index (χ4n) is 2.56. The van der Waals surface area contributed by atoms with Gasteiger partial charge in [-0.1, -0.05) is 53.7 Å². The van der Waals surface area contributed by atoms with Crippen molar-refractivity contribution in [1.82, 2.24) is 16.2 Å². The van der Waals surface area contributed by atoms with Crippen molar-refractivity contribution < 1.29 is 19.1 Å². The summed E-state index contributed by atoms with van der Waals surface area (Å²) in [6.07, 6.45) is 4.27. The molecule has 0 aliphatic heterocycles. The number of rotatable bonds is 10. The highest BCUT2D eigenvalue weighted by atomic mass is 79.9. The zero-order chi connectivity index (χ0) is 23.3. The van der Waals surface area contributed by atoms with Gasteiger partial charge in [0.1, 0.15) is 11.5 Å². The molecular formula is C22H25BrClN3O4S. The fraction of sp³-hybridized carbons (Fsp3) is 0.318. The number of carbonyl (C=O) groups excluding carboxylic acids is 2. The first kappa shape index (κ1) is 25.9. The molecule has 0 aliphatic carbocycles. The van der Waals surface area contributed by atoms with Crippen molar-refractivity contribution >= 4 is 56.7 Å². The van der Waals surface area contributed by atoms with Crippen LogP contribution in [0.2, 0.25) is 5.02 Å². The summed E-state index contributed by atoms with van der Waals surface area (Å²) >= 11 is 14.2. The number of amides is 2. The first-order valence-electron chi connectivity index (χ1n) is 10.1. The van der Waals surface area contributed by atoms with Gasteiger partial charge in [0.05, 0.1) is 12.2 Å². The van der Waals surface area contributed by atoms with Crippen molar-refractivity contribution in [3.05, 3.63) is 57.5 Å². The summed E-state index contributed by atoms with van der Waals surface area (Å²) in [6.45, 7) is 2.42. The third kappa shape index (κ3) is 9.42. The van der Waals surface area contributed by atoms with Gasteiger partial charge >= 0.3 is 0 Å². The second-order valence-corrected chi connectivity index (χ2v) is 8.51. The molecule has 0 unspecified atom stereocenters. The third-order valence-electron chi connectivity index (χ3n) is 4.17. The van der Waals surface area contributed by atoms with Crippen molar-refractivity contribution in [2.24, 2.45) is 0 Å². The van der Waals surface area contributed by atoms with Crippen LogP contribution >= 0.6 is 39.7 Å². The van der Waals surface area contributed by atoms with Gasteiger partial charge in [-0.05, 0) is 61.1 Å². The Bertz CT molecular complexity index is 928. The Morgan fingerprint density at radius 3 is 2.50 bits per heavy atom. The van der Waals surface area contributed by atoms with Crippen LogP contribution in [0.15, 0.2) is 46.9 Å². The summed E-state index contributed by atoms with van der Waals surface area (Å²) in [7, 11) is 0. The largest absolute Gasteiger partial charge is 0.493 e. The van der Waals surface area contributed by atoms with E-state index < -0.39 is 11.8 Å². The van der Waals surface area contributed by atoms with Gasteiger partial charge in [-0.25, -0.2) is 0 Å². The van der Waals surface area contributed by atoms with Crippen LogP contribution in [0.1, 0.15) is 43.0 Å². The second kappa shape index (κ2) is 13.9. The topological polar surface area (TPSA) is 88.7 Å². The van der Waals surface area contributed by atoms with Gasteiger partial charge in [0.15, 0.2) is 11.7 Å². The Kier molecular flexibility index (Phi) is 11.3. The average Bonchev–Trinajstić information content (AvgIpc) is 2.78. The van der Waals surface area contributed by atoms with Crippen molar-refractivity contribution in [1.29, 1.82) is 0 Å². The third-order valence-corrected chi connectivity index (χ3v) is 5.12. The molecule has 0 bridgehead atoms. The van der Waals surface area contributed by atoms with Gasteiger partial charge in [0.2, 0.25) is 0 Å². The smallest absolute Gasteiger partial charge is 0.276 e. The number of carbonyl (C=O) groups is 2. The molecule has 0 fully saturated rings. The van der Waals surface area contributed by atoms with Crippen molar-refractivity contribution in [2.75, 3.05) is 13.2 Å². The van der Waals surface area contributed by atoms with E-state index in [-0.39, 0.29) is 11.7 Å². The molecule has 3 N–H and O–H groups in total. The molecule has 2 aromatic carbocycles. The van der Waals surface area contributed by atoms with E-state index in [4.69, 9.17) is 33.3 Å². The minimum absolute atomic E-state index is 0.0660. The Morgan fingerprint density at radius 1 is 1.03 bits per heavy atom. The second-order valence-electron chi connectivity index (χ2n) is 6.75. The lowest BCUT2D eigenvalue weighted by molar-refractivity contribution is -0.123. The number of nitrogens with one attached hydrogen (secondary N) is 3. The van der Waals surface area contributed by atoms with Crippen LogP contribution in [0.3, 0.4) is 0 Å². The van der Waals surface area contributed by atoms with Gasteiger partial charge in [-0.2, -0.15) is 0 Å². The monoisotopic (exact) mass is 541 g/mol. The lowest BCUT2D eigenvalue weighted by atomic mass is 10.2.